The van der Waals surface area contributed by atoms with Crippen LogP contribution in [0.3, 0.4) is 0 Å². The maximum atomic E-state index is 10.1. The molecule has 5 N–H and O–H groups in total. The lowest BCUT2D eigenvalue weighted by molar-refractivity contribution is -0.278. The molecule has 0 unspecified atom stereocenters. The van der Waals surface area contributed by atoms with Crippen LogP contribution in [0.4, 0.5) is 0 Å². The molecular formula is C18H24N2O6. The lowest BCUT2D eigenvalue weighted by Gasteiger charge is -2.39. The molecule has 0 amide bonds. The molecule has 1 aromatic carbocycles. The van der Waals surface area contributed by atoms with E-state index >= 15 is 0 Å². The Morgan fingerprint density at radius 3 is 2.54 bits per heavy atom. The number of ether oxygens (including phenoxy) is 2. The number of H-pyrrole nitrogens is 1. The van der Waals surface area contributed by atoms with E-state index in [2.05, 4.69) is 10.2 Å². The molecule has 1 aliphatic rings. The molecule has 3 rings (SSSR count). The van der Waals surface area contributed by atoms with Crippen molar-refractivity contribution in [3.05, 3.63) is 46.6 Å². The molecule has 1 aliphatic heterocycles. The van der Waals surface area contributed by atoms with Gasteiger partial charge in [-0.1, -0.05) is 24.3 Å². The highest BCUT2D eigenvalue weighted by molar-refractivity contribution is 5.38. The van der Waals surface area contributed by atoms with Gasteiger partial charge in [0.1, 0.15) is 24.4 Å². The highest BCUT2D eigenvalue weighted by Gasteiger charge is 2.45. The van der Waals surface area contributed by atoms with Gasteiger partial charge in [0, 0.05) is 17.7 Å². The number of aryl methyl sites for hydroxylation is 2. The van der Waals surface area contributed by atoms with Gasteiger partial charge >= 0.3 is 0 Å². The summed E-state index contributed by atoms with van der Waals surface area (Å²) in [6, 6.07) is 7.95. The van der Waals surface area contributed by atoms with Crippen molar-refractivity contribution >= 4 is 0 Å². The Balaban J connectivity index is 1.81. The van der Waals surface area contributed by atoms with E-state index in [9.17, 15) is 20.4 Å². The first-order valence-corrected chi connectivity index (χ1v) is 8.48. The minimum absolute atomic E-state index is 0.245. The van der Waals surface area contributed by atoms with Gasteiger partial charge in [-0.05, 0) is 25.0 Å². The topological polar surface area (TPSA) is 128 Å². The lowest BCUT2D eigenvalue weighted by atomic mass is 9.99. The van der Waals surface area contributed by atoms with Crippen molar-refractivity contribution in [1.82, 2.24) is 10.2 Å². The molecule has 0 bridgehead atoms. The van der Waals surface area contributed by atoms with Gasteiger partial charge in [-0.15, -0.1) is 5.10 Å². The highest BCUT2D eigenvalue weighted by atomic mass is 16.7. The number of aliphatic hydroxyl groups is 4. The Kier molecular flexibility index (Phi) is 5.59. The van der Waals surface area contributed by atoms with Crippen LogP contribution in [-0.2, 0) is 11.2 Å². The van der Waals surface area contributed by atoms with Crippen LogP contribution < -0.4 is 4.74 Å². The minimum atomic E-state index is -1.49. The third-order valence-corrected chi connectivity index (χ3v) is 4.74. The van der Waals surface area contributed by atoms with E-state index < -0.39 is 37.3 Å². The molecule has 2 heterocycles. The number of aliphatic hydroxyl groups excluding tert-OH is 4. The van der Waals surface area contributed by atoms with Gasteiger partial charge in [-0.3, -0.25) is 5.10 Å². The lowest BCUT2D eigenvalue weighted by Crippen LogP contribution is -2.60. The van der Waals surface area contributed by atoms with Gasteiger partial charge < -0.3 is 29.9 Å². The number of nitrogens with zero attached hydrogens (tertiary/aromatic N) is 1. The Labute approximate surface area is 151 Å². The number of nitrogens with one attached hydrogen (secondary N) is 1. The quantitative estimate of drug-likeness (QED) is 0.497. The van der Waals surface area contributed by atoms with Crippen LogP contribution in [0.2, 0.25) is 0 Å². The molecule has 8 heteroatoms. The van der Waals surface area contributed by atoms with E-state index in [-0.39, 0.29) is 5.88 Å². The van der Waals surface area contributed by atoms with E-state index in [0.29, 0.717) is 6.42 Å². The van der Waals surface area contributed by atoms with Crippen molar-refractivity contribution in [2.24, 2.45) is 0 Å². The summed E-state index contributed by atoms with van der Waals surface area (Å²) in [6.07, 6.45) is -6.12. The Morgan fingerprint density at radius 1 is 1.12 bits per heavy atom. The van der Waals surface area contributed by atoms with Gasteiger partial charge in [-0.25, -0.2) is 0 Å². The summed E-state index contributed by atoms with van der Waals surface area (Å²) in [5.74, 6) is 0.245. The van der Waals surface area contributed by atoms with Crippen LogP contribution in [0.5, 0.6) is 5.88 Å². The maximum Gasteiger partial charge on any atom is 0.238 e. The summed E-state index contributed by atoms with van der Waals surface area (Å²) >= 11 is 0. The number of hydrogen-bond acceptors (Lipinski definition) is 7. The van der Waals surface area contributed by atoms with Crippen molar-refractivity contribution in [2.45, 2.75) is 51.0 Å². The monoisotopic (exact) mass is 364 g/mol. The van der Waals surface area contributed by atoms with Crippen molar-refractivity contribution in [1.29, 1.82) is 0 Å². The molecular weight excluding hydrogens is 340 g/mol. The molecule has 5 atom stereocenters. The van der Waals surface area contributed by atoms with Gasteiger partial charge in [-0.2, -0.15) is 0 Å². The molecule has 0 spiro atoms. The number of benzene rings is 1. The predicted molar refractivity (Wildman–Crippen MR) is 91.7 cm³/mol. The summed E-state index contributed by atoms with van der Waals surface area (Å²) in [5.41, 5.74) is 3.85. The molecule has 1 aromatic heterocycles. The second-order valence-electron chi connectivity index (χ2n) is 6.55. The van der Waals surface area contributed by atoms with Gasteiger partial charge in [0.2, 0.25) is 12.2 Å². The zero-order chi connectivity index (χ0) is 18.8. The summed E-state index contributed by atoms with van der Waals surface area (Å²) in [4.78, 5) is 0. The summed E-state index contributed by atoms with van der Waals surface area (Å²) in [5, 5.41) is 46.1. The summed E-state index contributed by atoms with van der Waals surface area (Å²) < 4.78 is 11.1. The van der Waals surface area contributed by atoms with E-state index in [0.717, 1.165) is 22.4 Å². The summed E-state index contributed by atoms with van der Waals surface area (Å²) in [6.45, 7) is 3.37. The Hall–Kier alpha value is -1.97. The molecule has 0 radical (unpaired) electrons. The van der Waals surface area contributed by atoms with Crippen LogP contribution >= 0.6 is 0 Å². The van der Waals surface area contributed by atoms with E-state index in [1.54, 1.807) is 0 Å². The fraction of sp³-hybridized carbons (Fsp3) is 0.500. The van der Waals surface area contributed by atoms with E-state index in [1.165, 1.54) is 0 Å². The Bertz CT molecular complexity index is 747. The van der Waals surface area contributed by atoms with Crippen molar-refractivity contribution in [3.8, 4) is 5.88 Å². The molecule has 8 nitrogen and oxygen atoms in total. The third-order valence-electron chi connectivity index (χ3n) is 4.74. The zero-order valence-corrected chi connectivity index (χ0v) is 14.7. The van der Waals surface area contributed by atoms with Crippen molar-refractivity contribution < 1.29 is 29.9 Å². The third kappa shape index (κ3) is 3.60. The zero-order valence-electron chi connectivity index (χ0n) is 14.7. The molecule has 0 saturated carbocycles. The molecule has 0 aliphatic carbocycles. The van der Waals surface area contributed by atoms with Gasteiger partial charge in [0.15, 0.2) is 0 Å². The smallest absolute Gasteiger partial charge is 0.238 e. The number of aromatic nitrogens is 2. The van der Waals surface area contributed by atoms with Crippen molar-refractivity contribution in [2.75, 3.05) is 6.61 Å². The highest BCUT2D eigenvalue weighted by Crippen LogP contribution is 2.28. The van der Waals surface area contributed by atoms with Crippen LogP contribution in [0.1, 0.15) is 22.4 Å². The second-order valence-corrected chi connectivity index (χ2v) is 6.55. The van der Waals surface area contributed by atoms with Gasteiger partial charge in [0.25, 0.3) is 0 Å². The standard InChI is InChI=1S/C18H24N2O6/c1-9-5-3-4-6-11(9)7-12-10(2)19-20-17(12)26-18-16(24)15(23)14(22)13(8-21)25-18/h3-6,13-16,18,21-24H,7-8H2,1-2H3,(H,19,20)/t13-,14-,15+,16-,18+/m1/s1. The molecule has 1 saturated heterocycles. The predicted octanol–water partition coefficient (Wildman–Crippen LogP) is -0.204. The van der Waals surface area contributed by atoms with Crippen LogP contribution in [-0.4, -0.2) is 67.9 Å². The number of aromatic amines is 1. The molecule has 1 fully saturated rings. The molecule has 26 heavy (non-hydrogen) atoms. The van der Waals surface area contributed by atoms with Crippen LogP contribution in [0.25, 0.3) is 0 Å². The fourth-order valence-corrected chi connectivity index (χ4v) is 3.01. The SMILES string of the molecule is Cc1ccccc1Cc1c(O[C@@H]2O[C@H](CO)[C@@H](O)[C@H](O)[C@H]2O)n[nH]c1C. The largest absolute Gasteiger partial charge is 0.443 e. The van der Waals surface area contributed by atoms with Crippen LogP contribution in [0.15, 0.2) is 24.3 Å². The van der Waals surface area contributed by atoms with Gasteiger partial charge in [0.05, 0.1) is 6.61 Å². The van der Waals surface area contributed by atoms with E-state index in [1.807, 2.05) is 38.1 Å². The maximum absolute atomic E-state index is 10.1. The fourth-order valence-electron chi connectivity index (χ4n) is 3.01. The Morgan fingerprint density at radius 2 is 1.85 bits per heavy atom. The first-order valence-electron chi connectivity index (χ1n) is 8.48. The molecule has 2 aromatic rings. The second kappa shape index (κ2) is 7.73. The van der Waals surface area contributed by atoms with E-state index in [4.69, 9.17) is 9.47 Å². The minimum Gasteiger partial charge on any atom is -0.443 e. The van der Waals surface area contributed by atoms with Crippen molar-refractivity contribution in [3.63, 3.8) is 0 Å². The number of rotatable bonds is 5. The summed E-state index contributed by atoms with van der Waals surface area (Å²) in [7, 11) is 0. The normalized spacial score (nSPS) is 28.9. The average Bonchev–Trinajstić information content (AvgIpc) is 2.97. The first kappa shape index (κ1) is 18.8. The average molecular weight is 364 g/mol. The number of hydrogen-bond donors (Lipinski definition) is 5. The van der Waals surface area contributed by atoms with Crippen LogP contribution in [0, 0.1) is 13.8 Å². The molecule has 142 valence electrons. The first-order chi connectivity index (χ1) is 12.4.